The van der Waals surface area contributed by atoms with E-state index in [0.29, 0.717) is 28.8 Å². The van der Waals surface area contributed by atoms with E-state index in [2.05, 4.69) is 31.4 Å². The maximum Gasteiger partial charge on any atom is 0.237 e. The van der Waals surface area contributed by atoms with Gasteiger partial charge in [0.25, 0.3) is 0 Å². The molecule has 2 aromatic carbocycles. The second-order valence-corrected chi connectivity index (χ2v) is 11.5. The third-order valence-electron chi connectivity index (χ3n) is 6.20. The van der Waals surface area contributed by atoms with Gasteiger partial charge in [-0.25, -0.2) is 0 Å². The molecule has 0 unspecified atom stereocenters. The normalized spacial score (nSPS) is 15.1. The quantitative estimate of drug-likeness (QED) is 0.242. The number of nitrogens with one attached hydrogen (secondary N) is 2. The van der Waals surface area contributed by atoms with E-state index in [0.717, 1.165) is 17.5 Å². The van der Waals surface area contributed by atoms with Crippen LogP contribution in [0.4, 0.5) is 0 Å². The molecule has 0 radical (unpaired) electrons. The van der Waals surface area contributed by atoms with Crippen molar-refractivity contribution in [2.45, 2.75) is 64.1 Å². The number of carbonyl (C=O) groups excluding carboxylic acids is 1. The van der Waals surface area contributed by atoms with Gasteiger partial charge in [-0.3, -0.25) is 4.79 Å². The van der Waals surface area contributed by atoms with Gasteiger partial charge in [0, 0.05) is 35.1 Å². The summed E-state index contributed by atoms with van der Waals surface area (Å²) in [7, 11) is 1.59. The first-order valence-electron chi connectivity index (χ1n) is 12.6. The summed E-state index contributed by atoms with van der Waals surface area (Å²) in [6.07, 6.45) is 0.580. The van der Waals surface area contributed by atoms with Crippen LogP contribution in [0.1, 0.15) is 50.7 Å². The van der Waals surface area contributed by atoms with Crippen molar-refractivity contribution >= 4 is 29.1 Å². The smallest absolute Gasteiger partial charge is 0.237 e. The number of nitrogens with two attached hydrogens (primary N) is 1. The molecular weight excluding hydrogens is 513 g/mol. The third-order valence-corrected chi connectivity index (χ3v) is 6.67. The molecule has 0 saturated heterocycles. The van der Waals surface area contributed by atoms with E-state index < -0.39 is 12.1 Å². The van der Waals surface area contributed by atoms with Crippen molar-refractivity contribution in [2.24, 2.45) is 11.1 Å². The van der Waals surface area contributed by atoms with E-state index in [1.807, 2.05) is 24.3 Å². The third kappa shape index (κ3) is 10.4. The van der Waals surface area contributed by atoms with Crippen LogP contribution >= 0.6 is 23.2 Å². The number of rotatable bonds is 14. The fourth-order valence-corrected chi connectivity index (χ4v) is 4.79. The number of amides is 1. The van der Waals surface area contributed by atoms with Gasteiger partial charge < -0.3 is 31.3 Å². The van der Waals surface area contributed by atoms with E-state index in [-0.39, 0.29) is 42.9 Å². The Hall–Kier alpha value is -1.87. The molecule has 9 heteroatoms. The minimum Gasteiger partial charge on any atom is -0.496 e. The molecule has 4 atom stereocenters. The molecule has 2 rings (SSSR count). The minimum atomic E-state index is -0.897. The average Bonchev–Trinajstić information content (AvgIpc) is 2.84. The van der Waals surface area contributed by atoms with Gasteiger partial charge in [0.05, 0.1) is 25.9 Å². The predicted molar refractivity (Wildman–Crippen MR) is 150 cm³/mol. The van der Waals surface area contributed by atoms with Crippen LogP contribution in [-0.2, 0) is 11.2 Å². The number of aliphatic hydroxyl groups excluding tert-OH is 2. The summed E-state index contributed by atoms with van der Waals surface area (Å²) >= 11 is 12.6. The maximum absolute atomic E-state index is 13.7. The number of carbonyl (C=O) groups is 1. The van der Waals surface area contributed by atoms with Crippen molar-refractivity contribution in [1.82, 2.24) is 10.6 Å². The summed E-state index contributed by atoms with van der Waals surface area (Å²) in [4.78, 5) is 13.7. The lowest BCUT2D eigenvalue weighted by atomic mass is 9.83. The van der Waals surface area contributed by atoms with Gasteiger partial charge >= 0.3 is 0 Å². The average molecular weight is 555 g/mol. The van der Waals surface area contributed by atoms with E-state index in [4.69, 9.17) is 38.8 Å². The van der Waals surface area contributed by atoms with Crippen molar-refractivity contribution in [2.75, 3.05) is 26.8 Å². The SMILES string of the molecule is COc1cc(Cl)ccc1C[C@@H](c1cccc(Cl)c1)[C@H](N[C@H](CN)CC(C)(C)C)C(=O)NCC[C@H](O)CO. The van der Waals surface area contributed by atoms with Crippen LogP contribution < -0.4 is 21.1 Å². The Balaban J connectivity index is 2.51. The second-order valence-electron chi connectivity index (χ2n) is 10.6. The van der Waals surface area contributed by atoms with Gasteiger partial charge in [-0.1, -0.05) is 62.2 Å². The molecule has 206 valence electrons. The second kappa shape index (κ2) is 14.9. The van der Waals surface area contributed by atoms with Crippen molar-refractivity contribution < 1.29 is 19.7 Å². The first-order valence-corrected chi connectivity index (χ1v) is 13.3. The highest BCUT2D eigenvalue weighted by atomic mass is 35.5. The van der Waals surface area contributed by atoms with Crippen LogP contribution in [0.3, 0.4) is 0 Å². The van der Waals surface area contributed by atoms with Crippen molar-refractivity contribution in [3.05, 3.63) is 63.6 Å². The van der Waals surface area contributed by atoms with Crippen LogP contribution in [0.5, 0.6) is 5.75 Å². The summed E-state index contributed by atoms with van der Waals surface area (Å²) in [5.41, 5.74) is 7.93. The first kappa shape index (κ1) is 31.3. The molecule has 0 aromatic heterocycles. The number of aliphatic hydroxyl groups is 2. The summed E-state index contributed by atoms with van der Waals surface area (Å²) < 4.78 is 5.60. The molecule has 7 nitrogen and oxygen atoms in total. The van der Waals surface area contributed by atoms with Crippen molar-refractivity contribution in [3.8, 4) is 5.75 Å². The van der Waals surface area contributed by atoms with E-state index in [9.17, 15) is 9.90 Å². The van der Waals surface area contributed by atoms with Gasteiger partial charge in [-0.15, -0.1) is 0 Å². The Kier molecular flexibility index (Phi) is 12.6. The lowest BCUT2D eigenvalue weighted by molar-refractivity contribution is -0.124. The van der Waals surface area contributed by atoms with Crippen LogP contribution in [0.2, 0.25) is 10.0 Å². The number of hydrogen-bond donors (Lipinski definition) is 5. The highest BCUT2D eigenvalue weighted by Gasteiger charge is 2.33. The lowest BCUT2D eigenvalue weighted by Gasteiger charge is -2.34. The van der Waals surface area contributed by atoms with Gasteiger partial charge in [-0.05, 0) is 60.1 Å². The Morgan fingerprint density at radius 1 is 1.14 bits per heavy atom. The Morgan fingerprint density at radius 2 is 1.84 bits per heavy atom. The van der Waals surface area contributed by atoms with Crippen LogP contribution in [0, 0.1) is 5.41 Å². The fraction of sp³-hybridized carbons (Fsp3) is 0.536. The summed E-state index contributed by atoms with van der Waals surface area (Å²) in [6.45, 7) is 6.62. The molecule has 37 heavy (non-hydrogen) atoms. The molecule has 0 saturated carbocycles. The summed E-state index contributed by atoms with van der Waals surface area (Å²) in [6, 6.07) is 12.2. The summed E-state index contributed by atoms with van der Waals surface area (Å²) in [5.74, 6) is 0.0794. The maximum atomic E-state index is 13.7. The van der Waals surface area contributed by atoms with Gasteiger partial charge in [-0.2, -0.15) is 0 Å². The molecule has 0 aliphatic heterocycles. The minimum absolute atomic E-state index is 0.00570. The highest BCUT2D eigenvalue weighted by Crippen LogP contribution is 2.33. The van der Waals surface area contributed by atoms with E-state index in [1.165, 1.54) is 0 Å². The molecule has 0 bridgehead atoms. The molecule has 0 aliphatic carbocycles. The first-order chi connectivity index (χ1) is 17.5. The number of hydrogen-bond acceptors (Lipinski definition) is 6. The molecular formula is C28H41Cl2N3O4. The fourth-order valence-electron chi connectivity index (χ4n) is 4.43. The molecule has 0 aliphatic rings. The zero-order chi connectivity index (χ0) is 27.6. The van der Waals surface area contributed by atoms with E-state index >= 15 is 0 Å². The van der Waals surface area contributed by atoms with Gasteiger partial charge in [0.1, 0.15) is 5.75 Å². The topological polar surface area (TPSA) is 117 Å². The Morgan fingerprint density at radius 3 is 2.43 bits per heavy atom. The number of benzene rings is 2. The van der Waals surface area contributed by atoms with Gasteiger partial charge in [0.15, 0.2) is 0 Å². The Bertz CT molecular complexity index is 1000. The highest BCUT2D eigenvalue weighted by molar-refractivity contribution is 6.31. The predicted octanol–water partition coefficient (Wildman–Crippen LogP) is 3.91. The zero-order valence-corrected chi connectivity index (χ0v) is 23.6. The standard InChI is InChI=1S/C28H41Cl2N3O4/c1-28(2,3)15-22(16-31)33-26(27(36)32-11-10-23(35)17-34)24(18-6-5-7-20(29)12-18)13-19-8-9-21(30)14-25(19)37-4/h5-9,12,14,22-24,26,33-35H,10-11,13,15-17,31H2,1-4H3,(H,32,36)/t22-,23-,24-,26-/m0/s1. The molecule has 0 fully saturated rings. The number of methoxy groups -OCH3 is 1. The number of halogens is 2. The van der Waals surface area contributed by atoms with Gasteiger partial charge in [0.2, 0.25) is 5.91 Å². The molecule has 2 aromatic rings. The largest absolute Gasteiger partial charge is 0.496 e. The van der Waals surface area contributed by atoms with Crippen molar-refractivity contribution in [3.63, 3.8) is 0 Å². The molecule has 0 spiro atoms. The van der Waals surface area contributed by atoms with Crippen LogP contribution in [0.15, 0.2) is 42.5 Å². The number of ether oxygens (including phenoxy) is 1. The molecule has 1 amide bonds. The molecule has 6 N–H and O–H groups in total. The van der Waals surface area contributed by atoms with Crippen LogP contribution in [0.25, 0.3) is 0 Å². The summed E-state index contributed by atoms with van der Waals surface area (Å²) in [5, 5.41) is 26.5. The van der Waals surface area contributed by atoms with Crippen molar-refractivity contribution in [1.29, 1.82) is 0 Å². The van der Waals surface area contributed by atoms with E-state index in [1.54, 1.807) is 25.3 Å². The van der Waals surface area contributed by atoms with Crippen LogP contribution in [-0.4, -0.2) is 61.1 Å². The Labute approximate surface area is 230 Å². The zero-order valence-electron chi connectivity index (χ0n) is 22.1. The lowest BCUT2D eigenvalue weighted by Crippen LogP contribution is -2.54. The monoisotopic (exact) mass is 553 g/mol. The molecule has 0 heterocycles.